The number of carbonyl (C=O) groups is 1. The maximum atomic E-state index is 10.3. The Morgan fingerprint density at radius 1 is 1.88 bits per heavy atom. The lowest BCUT2D eigenvalue weighted by molar-refractivity contribution is -0.106. The van der Waals surface area contributed by atoms with Crippen molar-refractivity contribution in [1.29, 1.82) is 0 Å². The average molecular weight is 149 g/mol. The molecule has 0 radical (unpaired) electrons. The van der Waals surface area contributed by atoms with Crippen LogP contribution in [0.4, 0.5) is 0 Å². The highest BCUT2D eigenvalue weighted by molar-refractivity contribution is 8.75. The van der Waals surface area contributed by atoms with Gasteiger partial charge in [-0.05, 0) is 16.9 Å². The molecule has 0 unspecified atom stereocenters. The maximum absolute atomic E-state index is 10.3. The number of carbonyl (C=O) groups excluding carboxylic acids is 1. The van der Waals surface area contributed by atoms with Gasteiger partial charge in [0, 0.05) is 6.54 Å². The summed E-state index contributed by atoms with van der Waals surface area (Å²) in [6.07, 6.45) is 2.99. The van der Waals surface area contributed by atoms with Crippen molar-refractivity contribution in [2.45, 2.75) is 0 Å². The third kappa shape index (κ3) is 4.23. The molecule has 0 atom stereocenters. The van der Waals surface area contributed by atoms with Crippen molar-refractivity contribution >= 4 is 27.6 Å². The largest absolute Gasteiger partial charge is 0.327 e. The predicted molar refractivity (Wildman–Crippen MR) is 39.8 cm³/mol. The fourth-order valence-electron chi connectivity index (χ4n) is 0.195. The summed E-state index contributed by atoms with van der Waals surface area (Å²) in [4.78, 5) is 10.3. The summed E-state index contributed by atoms with van der Waals surface area (Å²) in [7, 11) is 0.878. The van der Waals surface area contributed by atoms with Crippen LogP contribution in [0, 0.1) is 0 Å². The van der Waals surface area contributed by atoms with Crippen molar-refractivity contribution in [1.82, 2.24) is 0 Å². The molecule has 0 amide bonds. The number of nitrogens with two attached hydrogens (primary N) is 1. The van der Waals surface area contributed by atoms with Crippen molar-refractivity contribution < 1.29 is 4.79 Å². The van der Waals surface area contributed by atoms with Gasteiger partial charge in [-0.2, -0.15) is 0 Å². The summed E-state index contributed by atoms with van der Waals surface area (Å²) < 4.78 is 0. The highest BCUT2D eigenvalue weighted by atomic mass is 33.1. The topological polar surface area (TPSA) is 43.1 Å². The highest BCUT2D eigenvalue weighted by Crippen LogP contribution is 2.05. The number of hydrogen-bond acceptors (Lipinski definition) is 4. The summed E-state index contributed by atoms with van der Waals surface area (Å²) >= 11 is 3.66. The molecular weight excluding hydrogens is 142 g/mol. The first kappa shape index (κ1) is 8.07. The normalized spacial score (nSPS) is 10.2. The van der Waals surface area contributed by atoms with Crippen LogP contribution < -0.4 is 5.73 Å². The summed E-state index contributed by atoms with van der Waals surface area (Å²) in [5, 5.41) is -0.0845. The molecule has 0 spiro atoms. The molecule has 2 N–H and O–H groups in total. The summed E-state index contributed by atoms with van der Waals surface area (Å²) in [6, 6.07) is 0. The van der Waals surface area contributed by atoms with Crippen molar-refractivity contribution in [3.8, 4) is 0 Å². The number of hydrogen-bond donors (Lipinski definition) is 2. The summed E-state index contributed by atoms with van der Waals surface area (Å²) in [6.45, 7) is 0.403. The second-order valence-corrected chi connectivity index (χ2v) is 2.18. The third-order valence-electron chi connectivity index (χ3n) is 0.480. The smallest absolute Gasteiger partial charge is 0.222 e. The molecule has 0 aromatic carbocycles. The van der Waals surface area contributed by atoms with E-state index in [9.17, 15) is 4.79 Å². The van der Waals surface area contributed by atoms with Gasteiger partial charge in [-0.3, -0.25) is 4.79 Å². The van der Waals surface area contributed by atoms with E-state index in [0.29, 0.717) is 6.54 Å². The lowest BCUT2D eigenvalue weighted by Gasteiger charge is -1.79. The average Bonchev–Trinajstić information content (AvgIpc) is 1.83. The van der Waals surface area contributed by atoms with E-state index < -0.39 is 0 Å². The van der Waals surface area contributed by atoms with Crippen LogP contribution in [0.25, 0.3) is 0 Å². The molecule has 46 valence electrons. The monoisotopic (exact) mass is 149 g/mol. The van der Waals surface area contributed by atoms with Crippen LogP contribution in [0.1, 0.15) is 0 Å². The Morgan fingerprint density at radius 2 is 2.50 bits per heavy atom. The second-order valence-electron chi connectivity index (χ2n) is 1.05. The molecule has 4 heteroatoms. The van der Waals surface area contributed by atoms with E-state index in [2.05, 4.69) is 11.7 Å². The SMILES string of the molecule is NC/C=C/C(=O)SS. The van der Waals surface area contributed by atoms with Gasteiger partial charge in [-0.15, -0.1) is 11.7 Å². The van der Waals surface area contributed by atoms with Gasteiger partial charge in [0.05, 0.1) is 0 Å². The molecule has 0 rings (SSSR count). The molecule has 0 aliphatic heterocycles. The molecule has 0 fully saturated rings. The molecule has 0 aliphatic carbocycles. The second kappa shape index (κ2) is 5.21. The standard InChI is InChI=1S/C4H7NOS2/c5-3-1-2-4(6)8-7/h1-2,7H,3,5H2/b2-1+. The van der Waals surface area contributed by atoms with E-state index in [1.807, 2.05) is 0 Å². The van der Waals surface area contributed by atoms with E-state index in [4.69, 9.17) is 5.73 Å². The minimum Gasteiger partial charge on any atom is -0.327 e. The zero-order valence-corrected chi connectivity index (χ0v) is 5.91. The third-order valence-corrected chi connectivity index (χ3v) is 1.34. The van der Waals surface area contributed by atoms with E-state index in [1.165, 1.54) is 6.08 Å². The zero-order chi connectivity index (χ0) is 6.41. The summed E-state index contributed by atoms with van der Waals surface area (Å²) in [5.41, 5.74) is 5.06. The molecule has 0 aromatic heterocycles. The highest BCUT2D eigenvalue weighted by Gasteiger charge is 1.87. The van der Waals surface area contributed by atoms with Gasteiger partial charge in [-0.25, -0.2) is 0 Å². The Labute approximate surface area is 57.3 Å². The molecule has 0 heterocycles. The fourth-order valence-corrected chi connectivity index (χ4v) is 0.534. The first-order valence-electron chi connectivity index (χ1n) is 2.03. The van der Waals surface area contributed by atoms with Gasteiger partial charge in [0.2, 0.25) is 5.12 Å². The van der Waals surface area contributed by atoms with Gasteiger partial charge >= 0.3 is 0 Å². The van der Waals surface area contributed by atoms with Crippen LogP contribution in [0.15, 0.2) is 12.2 Å². The fraction of sp³-hybridized carbons (Fsp3) is 0.250. The Morgan fingerprint density at radius 3 is 2.88 bits per heavy atom. The lowest BCUT2D eigenvalue weighted by atomic mass is 10.5. The molecule has 2 nitrogen and oxygen atoms in total. The molecule has 0 saturated carbocycles. The molecule has 8 heavy (non-hydrogen) atoms. The molecule has 0 aromatic rings. The van der Waals surface area contributed by atoms with Crippen molar-refractivity contribution in [2.24, 2.45) is 5.73 Å². The molecule has 0 bridgehead atoms. The molecule has 0 saturated heterocycles. The van der Waals surface area contributed by atoms with Crippen LogP contribution in [0.5, 0.6) is 0 Å². The minimum absolute atomic E-state index is 0.0845. The first-order valence-corrected chi connectivity index (χ1v) is 3.90. The van der Waals surface area contributed by atoms with Crippen molar-refractivity contribution in [3.05, 3.63) is 12.2 Å². The van der Waals surface area contributed by atoms with E-state index in [0.717, 1.165) is 10.8 Å². The quantitative estimate of drug-likeness (QED) is 0.343. The lowest BCUT2D eigenvalue weighted by Crippen LogP contribution is -1.93. The van der Waals surface area contributed by atoms with Crippen molar-refractivity contribution in [2.75, 3.05) is 6.54 Å². The minimum atomic E-state index is -0.0845. The van der Waals surface area contributed by atoms with Gasteiger partial charge in [0.25, 0.3) is 0 Å². The predicted octanol–water partition coefficient (Wildman–Crippen LogP) is 0.606. The van der Waals surface area contributed by atoms with Crippen LogP contribution in [-0.2, 0) is 4.79 Å². The van der Waals surface area contributed by atoms with Gasteiger partial charge < -0.3 is 5.73 Å². The Hall–Kier alpha value is 0.0700. The Balaban J connectivity index is 3.37. The molecular formula is C4H7NOS2. The van der Waals surface area contributed by atoms with Crippen LogP contribution in [-0.4, -0.2) is 11.7 Å². The van der Waals surface area contributed by atoms with Crippen LogP contribution in [0.2, 0.25) is 0 Å². The van der Waals surface area contributed by atoms with Gasteiger partial charge in [0.1, 0.15) is 0 Å². The number of rotatable bonds is 2. The Kier molecular flexibility index (Phi) is 5.26. The van der Waals surface area contributed by atoms with Crippen LogP contribution >= 0.6 is 22.5 Å². The van der Waals surface area contributed by atoms with Crippen LogP contribution in [0.3, 0.4) is 0 Å². The van der Waals surface area contributed by atoms with Gasteiger partial charge in [0.15, 0.2) is 0 Å². The first-order chi connectivity index (χ1) is 3.81. The Bertz CT molecular complexity index is 102. The number of thiol groups is 1. The van der Waals surface area contributed by atoms with E-state index in [1.54, 1.807) is 6.08 Å². The van der Waals surface area contributed by atoms with Crippen molar-refractivity contribution in [3.63, 3.8) is 0 Å². The van der Waals surface area contributed by atoms with Gasteiger partial charge in [-0.1, -0.05) is 6.08 Å². The van der Waals surface area contributed by atoms with E-state index in [-0.39, 0.29) is 5.12 Å². The summed E-state index contributed by atoms with van der Waals surface area (Å²) in [5.74, 6) is 0. The van der Waals surface area contributed by atoms with E-state index >= 15 is 0 Å². The zero-order valence-electron chi connectivity index (χ0n) is 4.20. The molecule has 0 aliphatic rings. The maximum Gasteiger partial charge on any atom is 0.222 e.